The average molecular weight is 443 g/mol. The number of nitrogens with zero attached hydrogens (tertiary/aromatic N) is 1. The zero-order valence-electron chi connectivity index (χ0n) is 17.8. The first-order valence-electron chi connectivity index (χ1n) is 9.95. The zero-order chi connectivity index (χ0) is 22.4. The number of fused-ring (bicyclic) bond motifs is 1. The molecular weight excluding hydrogens is 416 g/mol. The molecule has 0 radical (unpaired) electrons. The minimum absolute atomic E-state index is 0.0998. The molecule has 2 aromatic rings. The second-order valence-electron chi connectivity index (χ2n) is 8.05. The maximum Gasteiger partial charge on any atom is 0.408 e. The molecule has 3 rings (SSSR count). The summed E-state index contributed by atoms with van der Waals surface area (Å²) in [6.07, 6.45) is -0.689. The molecule has 0 fully saturated rings. The van der Waals surface area contributed by atoms with Crippen LogP contribution in [0.15, 0.2) is 59.5 Å². The molecule has 7 nitrogen and oxygen atoms in total. The molecule has 8 heteroatoms. The lowest BCUT2D eigenvalue weighted by molar-refractivity contribution is -0.153. The van der Waals surface area contributed by atoms with Crippen LogP contribution in [0, 0.1) is 0 Å². The summed E-state index contributed by atoms with van der Waals surface area (Å²) in [5.74, 6) is -0.589. The molecule has 164 valence electrons. The topological polar surface area (TPSA) is 84.9 Å². The fourth-order valence-electron chi connectivity index (χ4n) is 3.03. The van der Waals surface area contributed by atoms with Crippen molar-refractivity contribution in [2.75, 3.05) is 17.2 Å². The fraction of sp³-hybridized carbons (Fsp3) is 0.348. The number of nitrogens with one attached hydrogen (secondary N) is 1. The summed E-state index contributed by atoms with van der Waals surface area (Å²) in [4.78, 5) is 40.2. The quantitative estimate of drug-likeness (QED) is 0.710. The lowest BCUT2D eigenvalue weighted by Crippen LogP contribution is -2.51. The predicted molar refractivity (Wildman–Crippen MR) is 119 cm³/mol. The van der Waals surface area contributed by atoms with Crippen LogP contribution < -0.4 is 10.2 Å². The lowest BCUT2D eigenvalue weighted by Gasteiger charge is -2.27. The Morgan fingerprint density at radius 3 is 2.48 bits per heavy atom. The summed E-state index contributed by atoms with van der Waals surface area (Å²) in [7, 11) is 0. The minimum Gasteiger partial charge on any atom is -0.459 e. The second-order valence-corrected chi connectivity index (χ2v) is 9.11. The van der Waals surface area contributed by atoms with Crippen LogP contribution in [0.5, 0.6) is 0 Å². The monoisotopic (exact) mass is 442 g/mol. The van der Waals surface area contributed by atoms with E-state index in [1.54, 1.807) is 32.9 Å². The smallest absolute Gasteiger partial charge is 0.408 e. The van der Waals surface area contributed by atoms with Gasteiger partial charge < -0.3 is 14.8 Å². The van der Waals surface area contributed by atoms with Gasteiger partial charge in [0.15, 0.2) is 0 Å². The lowest BCUT2D eigenvalue weighted by atomic mass is 10.2. The fourth-order valence-corrected chi connectivity index (χ4v) is 4.10. The molecule has 0 unspecified atom stereocenters. The van der Waals surface area contributed by atoms with Crippen molar-refractivity contribution in [3.63, 3.8) is 0 Å². The van der Waals surface area contributed by atoms with Gasteiger partial charge in [0.1, 0.15) is 24.8 Å². The summed E-state index contributed by atoms with van der Waals surface area (Å²) < 4.78 is 10.7. The molecule has 1 atom stereocenters. The van der Waals surface area contributed by atoms with E-state index in [4.69, 9.17) is 9.47 Å². The Labute approximate surface area is 186 Å². The van der Waals surface area contributed by atoms with Gasteiger partial charge in [-0.05, 0) is 38.5 Å². The molecule has 0 aromatic heterocycles. The number of anilines is 1. The summed E-state index contributed by atoms with van der Waals surface area (Å²) in [6.45, 7) is 5.16. The van der Waals surface area contributed by atoms with Gasteiger partial charge in [0.2, 0.25) is 0 Å². The highest BCUT2D eigenvalue weighted by atomic mass is 32.2. The van der Waals surface area contributed by atoms with Crippen LogP contribution >= 0.6 is 11.8 Å². The first kappa shape index (κ1) is 22.7. The van der Waals surface area contributed by atoms with Crippen LogP contribution in [0.4, 0.5) is 10.5 Å². The van der Waals surface area contributed by atoms with Crippen molar-refractivity contribution in [1.82, 2.24) is 5.32 Å². The summed E-state index contributed by atoms with van der Waals surface area (Å²) in [5, 5.41) is 2.64. The van der Waals surface area contributed by atoms with Crippen molar-refractivity contribution < 1.29 is 23.9 Å². The van der Waals surface area contributed by atoms with Gasteiger partial charge >= 0.3 is 12.1 Å². The number of carbonyl (C=O) groups excluding carboxylic acids is 3. The molecule has 2 amide bonds. The van der Waals surface area contributed by atoms with Gasteiger partial charge in [-0.3, -0.25) is 14.5 Å². The number of thioether (sulfide) groups is 1. The first-order chi connectivity index (χ1) is 14.7. The van der Waals surface area contributed by atoms with E-state index in [9.17, 15) is 14.4 Å². The Bertz CT molecular complexity index is 942. The number of hydrogen-bond acceptors (Lipinski definition) is 6. The largest absolute Gasteiger partial charge is 0.459 e. The molecule has 0 aliphatic carbocycles. The van der Waals surface area contributed by atoms with E-state index >= 15 is 0 Å². The number of ether oxygens (including phenoxy) is 2. The Hall–Kier alpha value is -3.00. The number of amides is 2. The van der Waals surface area contributed by atoms with Crippen molar-refractivity contribution in [2.45, 2.75) is 43.9 Å². The first-order valence-corrected chi connectivity index (χ1v) is 10.9. The van der Waals surface area contributed by atoms with Crippen LogP contribution in [0.1, 0.15) is 26.3 Å². The van der Waals surface area contributed by atoms with E-state index in [1.807, 2.05) is 42.5 Å². The van der Waals surface area contributed by atoms with Crippen molar-refractivity contribution in [1.29, 1.82) is 0 Å². The summed E-state index contributed by atoms with van der Waals surface area (Å²) in [6, 6.07) is 15.8. The Kier molecular flexibility index (Phi) is 7.22. The third-order valence-electron chi connectivity index (χ3n) is 4.34. The van der Waals surface area contributed by atoms with E-state index in [0.29, 0.717) is 11.4 Å². The Balaban J connectivity index is 1.72. The molecule has 1 N–H and O–H groups in total. The van der Waals surface area contributed by atoms with Gasteiger partial charge in [-0.1, -0.05) is 42.5 Å². The maximum atomic E-state index is 13.3. The number of benzene rings is 2. The third-order valence-corrected chi connectivity index (χ3v) is 5.49. The van der Waals surface area contributed by atoms with Crippen molar-refractivity contribution in [3.8, 4) is 0 Å². The van der Waals surface area contributed by atoms with E-state index in [0.717, 1.165) is 10.5 Å². The number of carbonyl (C=O) groups is 3. The van der Waals surface area contributed by atoms with Crippen molar-refractivity contribution in [2.24, 2.45) is 0 Å². The number of hydrogen-bond donors (Lipinski definition) is 1. The molecule has 31 heavy (non-hydrogen) atoms. The molecule has 0 bridgehead atoms. The van der Waals surface area contributed by atoms with Crippen molar-refractivity contribution in [3.05, 3.63) is 60.2 Å². The summed E-state index contributed by atoms with van der Waals surface area (Å²) >= 11 is 1.44. The van der Waals surface area contributed by atoms with Crippen LogP contribution in [0.3, 0.4) is 0 Å². The number of esters is 1. The minimum atomic E-state index is -0.844. The van der Waals surface area contributed by atoms with E-state index in [2.05, 4.69) is 5.32 Å². The van der Waals surface area contributed by atoms with E-state index in [-0.39, 0.29) is 19.1 Å². The number of alkyl carbamates (subject to hydrolysis) is 1. The molecule has 2 aromatic carbocycles. The van der Waals surface area contributed by atoms with E-state index in [1.165, 1.54) is 16.7 Å². The van der Waals surface area contributed by atoms with Crippen LogP contribution in [-0.2, 0) is 25.7 Å². The standard InChI is InChI=1S/C23H26N2O5S/c1-23(2,3)30-20(26)13-25-18-11-7-8-12-19(18)31-15-17(21(25)27)24-22(28)29-14-16-9-5-4-6-10-16/h4-12,17H,13-15H2,1-3H3,(H,24,28)/t17-/m0/s1. The molecule has 1 aliphatic heterocycles. The summed E-state index contributed by atoms with van der Waals surface area (Å²) in [5.41, 5.74) is 0.794. The van der Waals surface area contributed by atoms with Gasteiger partial charge in [0, 0.05) is 10.6 Å². The van der Waals surface area contributed by atoms with E-state index < -0.39 is 23.7 Å². The van der Waals surface area contributed by atoms with Crippen LogP contribution in [0.2, 0.25) is 0 Å². The zero-order valence-corrected chi connectivity index (χ0v) is 18.6. The maximum absolute atomic E-state index is 13.3. The van der Waals surface area contributed by atoms with Crippen LogP contribution in [-0.4, -0.2) is 41.9 Å². The second kappa shape index (κ2) is 9.87. The molecule has 0 saturated carbocycles. The average Bonchev–Trinajstić information content (AvgIpc) is 2.84. The van der Waals surface area contributed by atoms with Gasteiger partial charge in [-0.25, -0.2) is 4.79 Å². The highest BCUT2D eigenvalue weighted by Gasteiger charge is 2.34. The van der Waals surface area contributed by atoms with Crippen LogP contribution in [0.25, 0.3) is 0 Å². The van der Waals surface area contributed by atoms with Gasteiger partial charge in [-0.2, -0.15) is 0 Å². The Morgan fingerprint density at radius 1 is 1.10 bits per heavy atom. The van der Waals surface area contributed by atoms with Gasteiger partial charge in [0.25, 0.3) is 5.91 Å². The highest BCUT2D eigenvalue weighted by molar-refractivity contribution is 7.99. The van der Waals surface area contributed by atoms with Crippen molar-refractivity contribution >= 4 is 35.4 Å². The Morgan fingerprint density at radius 2 is 1.77 bits per heavy atom. The molecule has 0 saturated heterocycles. The SMILES string of the molecule is CC(C)(C)OC(=O)CN1C(=O)[C@@H](NC(=O)OCc2ccccc2)CSc2ccccc21. The molecule has 1 aliphatic rings. The van der Waals surface area contributed by atoms with Gasteiger partial charge in [-0.15, -0.1) is 11.8 Å². The normalized spacial score (nSPS) is 16.2. The predicted octanol–water partition coefficient (Wildman–Crippen LogP) is 3.76. The molecular formula is C23H26N2O5S. The molecule has 1 heterocycles. The highest BCUT2D eigenvalue weighted by Crippen LogP contribution is 2.34. The number of para-hydroxylation sites is 1. The number of rotatable bonds is 5. The molecule has 0 spiro atoms. The van der Waals surface area contributed by atoms with Gasteiger partial charge in [0.05, 0.1) is 5.69 Å². The third kappa shape index (κ3) is 6.49.